The summed E-state index contributed by atoms with van der Waals surface area (Å²) in [6, 6.07) is 9.81. The molecule has 0 saturated carbocycles. The molecule has 1 aliphatic heterocycles. The fraction of sp³-hybridized carbons (Fsp3) is 0.600. The molecule has 0 amide bonds. The first kappa shape index (κ1) is 19.3. The number of esters is 1. The van der Waals surface area contributed by atoms with E-state index < -0.39 is 11.9 Å². The van der Waals surface area contributed by atoms with E-state index >= 15 is 0 Å². The van der Waals surface area contributed by atoms with E-state index in [1.807, 2.05) is 24.3 Å². The largest absolute Gasteiger partial charge is 0.497 e. The molecule has 0 bridgehead atoms. The van der Waals surface area contributed by atoms with Crippen LogP contribution in [0, 0.1) is 23.2 Å². The third-order valence-corrected chi connectivity index (χ3v) is 4.78. The van der Waals surface area contributed by atoms with Crippen LogP contribution < -0.4 is 4.74 Å². The Balaban J connectivity index is 2.39. The maximum Gasteiger partial charge on any atom is 0.323 e. The number of nitrogens with zero attached hydrogens (tertiary/aromatic N) is 1. The molecule has 1 heterocycles. The van der Waals surface area contributed by atoms with E-state index in [9.17, 15) is 10.1 Å². The van der Waals surface area contributed by atoms with Gasteiger partial charge in [-0.2, -0.15) is 5.26 Å². The average Bonchev–Trinajstić information content (AvgIpc) is 2.59. The molecular weight excluding hydrogens is 318 g/mol. The standard InChI is InChI=1S/C20H27NO4/c1-5-24-19(22)17(13-21)18(14-6-8-16(23-4)9-7-14)15-10-11-25-20(2,3)12-15/h6-9,15,17-18H,5,10-12H2,1-4H3/t15-,17-,18+/m1/s1. The van der Waals surface area contributed by atoms with Crippen molar-refractivity contribution >= 4 is 5.97 Å². The third kappa shape index (κ3) is 4.73. The smallest absolute Gasteiger partial charge is 0.323 e. The number of rotatable bonds is 6. The van der Waals surface area contributed by atoms with Gasteiger partial charge in [0.25, 0.3) is 0 Å². The topological polar surface area (TPSA) is 68.6 Å². The second-order valence-corrected chi connectivity index (χ2v) is 7.02. The molecule has 25 heavy (non-hydrogen) atoms. The Morgan fingerprint density at radius 2 is 2.08 bits per heavy atom. The molecule has 1 aliphatic rings. The highest BCUT2D eigenvalue weighted by molar-refractivity contribution is 5.76. The summed E-state index contributed by atoms with van der Waals surface area (Å²) in [6.45, 7) is 6.76. The van der Waals surface area contributed by atoms with Crippen molar-refractivity contribution in [2.75, 3.05) is 20.3 Å². The maximum absolute atomic E-state index is 12.4. The molecule has 0 unspecified atom stereocenters. The summed E-state index contributed by atoms with van der Waals surface area (Å²) in [4.78, 5) is 12.4. The lowest BCUT2D eigenvalue weighted by Gasteiger charge is -2.40. The zero-order valence-corrected chi connectivity index (χ0v) is 15.5. The predicted molar refractivity (Wildman–Crippen MR) is 94.2 cm³/mol. The highest BCUT2D eigenvalue weighted by Gasteiger charge is 2.41. The van der Waals surface area contributed by atoms with Gasteiger partial charge < -0.3 is 14.2 Å². The van der Waals surface area contributed by atoms with E-state index in [4.69, 9.17) is 14.2 Å². The Morgan fingerprint density at radius 1 is 1.40 bits per heavy atom. The van der Waals surface area contributed by atoms with E-state index in [1.54, 1.807) is 14.0 Å². The minimum Gasteiger partial charge on any atom is -0.497 e. The highest BCUT2D eigenvalue weighted by Crippen LogP contribution is 2.42. The van der Waals surface area contributed by atoms with Crippen molar-refractivity contribution in [2.45, 2.75) is 45.1 Å². The van der Waals surface area contributed by atoms with Crippen molar-refractivity contribution in [3.63, 3.8) is 0 Å². The summed E-state index contributed by atoms with van der Waals surface area (Å²) in [5.41, 5.74) is 0.700. The van der Waals surface area contributed by atoms with Crippen LogP contribution in [0.2, 0.25) is 0 Å². The fourth-order valence-electron chi connectivity index (χ4n) is 3.66. The summed E-state index contributed by atoms with van der Waals surface area (Å²) >= 11 is 0. The molecule has 0 aliphatic carbocycles. The average molecular weight is 345 g/mol. The zero-order valence-electron chi connectivity index (χ0n) is 15.5. The van der Waals surface area contributed by atoms with Crippen LogP contribution in [0.25, 0.3) is 0 Å². The molecule has 1 aromatic rings. The maximum atomic E-state index is 12.4. The molecule has 1 aromatic carbocycles. The van der Waals surface area contributed by atoms with Crippen LogP contribution in [0.4, 0.5) is 0 Å². The number of hydrogen-bond donors (Lipinski definition) is 0. The molecule has 136 valence electrons. The fourth-order valence-corrected chi connectivity index (χ4v) is 3.66. The first-order chi connectivity index (χ1) is 11.9. The van der Waals surface area contributed by atoms with Gasteiger partial charge in [0.1, 0.15) is 5.75 Å². The van der Waals surface area contributed by atoms with Gasteiger partial charge in [-0.15, -0.1) is 0 Å². The van der Waals surface area contributed by atoms with Gasteiger partial charge in [-0.3, -0.25) is 4.79 Å². The highest BCUT2D eigenvalue weighted by atomic mass is 16.5. The molecule has 1 fully saturated rings. The molecule has 3 atom stereocenters. The molecule has 5 nitrogen and oxygen atoms in total. The number of carbonyl (C=O) groups is 1. The molecule has 1 saturated heterocycles. The van der Waals surface area contributed by atoms with E-state index in [1.165, 1.54) is 0 Å². The Bertz CT molecular complexity index is 618. The summed E-state index contributed by atoms with van der Waals surface area (Å²) in [7, 11) is 1.62. The van der Waals surface area contributed by atoms with E-state index in [-0.39, 0.29) is 24.0 Å². The zero-order chi connectivity index (χ0) is 18.4. The van der Waals surface area contributed by atoms with Crippen molar-refractivity contribution in [2.24, 2.45) is 11.8 Å². The molecule has 5 heteroatoms. The second-order valence-electron chi connectivity index (χ2n) is 7.02. The Morgan fingerprint density at radius 3 is 2.60 bits per heavy atom. The van der Waals surface area contributed by atoms with Gasteiger partial charge in [0, 0.05) is 12.5 Å². The van der Waals surface area contributed by atoms with Crippen molar-refractivity contribution in [3.05, 3.63) is 29.8 Å². The number of nitriles is 1. The minimum absolute atomic E-state index is 0.172. The number of methoxy groups -OCH3 is 1. The lowest BCUT2D eigenvalue weighted by molar-refractivity contribution is -0.148. The number of ether oxygens (including phenoxy) is 3. The summed E-state index contributed by atoms with van der Waals surface area (Å²) in [5, 5.41) is 9.71. The van der Waals surface area contributed by atoms with Gasteiger partial charge >= 0.3 is 5.97 Å². The van der Waals surface area contributed by atoms with E-state index in [0.717, 1.165) is 24.2 Å². The van der Waals surface area contributed by atoms with Crippen LogP contribution in [0.5, 0.6) is 5.75 Å². The van der Waals surface area contributed by atoms with Crippen LogP contribution in [-0.2, 0) is 14.3 Å². The number of hydrogen-bond acceptors (Lipinski definition) is 5. The Labute approximate surface area is 149 Å². The quantitative estimate of drug-likeness (QED) is 0.736. The first-order valence-corrected chi connectivity index (χ1v) is 8.76. The van der Waals surface area contributed by atoms with Gasteiger partial charge in [-0.05, 0) is 57.2 Å². The lowest BCUT2D eigenvalue weighted by atomic mass is 9.71. The molecule has 2 rings (SSSR count). The van der Waals surface area contributed by atoms with Crippen molar-refractivity contribution < 1.29 is 19.0 Å². The number of carbonyl (C=O) groups excluding carboxylic acids is 1. The minimum atomic E-state index is -0.827. The second kappa shape index (κ2) is 8.35. The monoisotopic (exact) mass is 345 g/mol. The van der Waals surface area contributed by atoms with E-state index in [2.05, 4.69) is 19.9 Å². The van der Waals surface area contributed by atoms with Gasteiger partial charge in [0.2, 0.25) is 0 Å². The van der Waals surface area contributed by atoms with Crippen LogP contribution in [-0.4, -0.2) is 31.9 Å². The molecular formula is C20H27NO4. The Kier molecular flexibility index (Phi) is 6.44. The molecule has 0 radical (unpaired) electrons. The van der Waals surface area contributed by atoms with Crippen molar-refractivity contribution in [3.8, 4) is 11.8 Å². The molecule has 0 N–H and O–H groups in total. The van der Waals surface area contributed by atoms with Crippen molar-refractivity contribution in [1.82, 2.24) is 0 Å². The normalized spacial score (nSPS) is 21.6. The van der Waals surface area contributed by atoms with Crippen LogP contribution in [0.1, 0.15) is 45.1 Å². The van der Waals surface area contributed by atoms with Crippen molar-refractivity contribution in [1.29, 1.82) is 5.26 Å². The summed E-state index contributed by atoms with van der Waals surface area (Å²) in [5.74, 6) is -0.578. The van der Waals surface area contributed by atoms with Crippen LogP contribution >= 0.6 is 0 Å². The van der Waals surface area contributed by atoms with Gasteiger partial charge in [0.15, 0.2) is 5.92 Å². The predicted octanol–water partition coefficient (Wildman–Crippen LogP) is 3.69. The molecule has 0 spiro atoms. The van der Waals surface area contributed by atoms with Gasteiger partial charge in [-0.1, -0.05) is 12.1 Å². The van der Waals surface area contributed by atoms with E-state index in [0.29, 0.717) is 6.61 Å². The van der Waals surface area contributed by atoms with Gasteiger partial charge in [0.05, 0.1) is 25.4 Å². The SMILES string of the molecule is CCOC(=O)[C@H](C#N)[C@@H](c1ccc(OC)cc1)[C@@H]1CCOC(C)(C)C1. The van der Waals surface area contributed by atoms with Crippen LogP contribution in [0.15, 0.2) is 24.3 Å². The lowest BCUT2D eigenvalue weighted by Crippen LogP contribution is -2.39. The number of benzene rings is 1. The molecule has 0 aromatic heterocycles. The first-order valence-electron chi connectivity index (χ1n) is 8.76. The third-order valence-electron chi connectivity index (χ3n) is 4.78. The summed E-state index contributed by atoms with van der Waals surface area (Å²) in [6.07, 6.45) is 1.61. The Hall–Kier alpha value is -2.06. The van der Waals surface area contributed by atoms with Crippen LogP contribution in [0.3, 0.4) is 0 Å². The summed E-state index contributed by atoms with van der Waals surface area (Å²) < 4.78 is 16.2. The van der Waals surface area contributed by atoms with Gasteiger partial charge in [-0.25, -0.2) is 0 Å².